The molecule has 1 aliphatic carbocycles. The van der Waals surface area contributed by atoms with Gasteiger partial charge < -0.3 is 20.5 Å². The van der Waals surface area contributed by atoms with Crippen molar-refractivity contribution in [2.24, 2.45) is 0 Å². The van der Waals surface area contributed by atoms with Gasteiger partial charge in [-0.2, -0.15) is 4.37 Å². The van der Waals surface area contributed by atoms with Gasteiger partial charge in [-0.25, -0.2) is 9.59 Å². The molecular formula is C25H23N3O5S. The maximum absolute atomic E-state index is 12.8. The van der Waals surface area contributed by atoms with E-state index in [2.05, 4.69) is 21.6 Å². The zero-order valence-electron chi connectivity index (χ0n) is 18.4. The number of nitrogens with zero attached hydrogens (tertiary/aromatic N) is 1. The lowest BCUT2D eigenvalue weighted by atomic mass is 9.98. The molecule has 9 heteroatoms. The highest BCUT2D eigenvalue weighted by Crippen LogP contribution is 2.44. The Morgan fingerprint density at radius 2 is 1.76 bits per heavy atom. The van der Waals surface area contributed by atoms with Crippen molar-refractivity contribution in [2.75, 3.05) is 11.9 Å². The highest BCUT2D eigenvalue weighted by atomic mass is 32.1. The summed E-state index contributed by atoms with van der Waals surface area (Å²) in [5.41, 5.74) is 4.63. The summed E-state index contributed by atoms with van der Waals surface area (Å²) in [6, 6.07) is 15.0. The van der Waals surface area contributed by atoms with Crippen molar-refractivity contribution in [3.8, 4) is 11.1 Å². The number of anilines is 1. The van der Waals surface area contributed by atoms with Gasteiger partial charge in [0.1, 0.15) is 23.2 Å². The van der Waals surface area contributed by atoms with Crippen molar-refractivity contribution in [2.45, 2.75) is 25.3 Å². The molecule has 1 unspecified atom stereocenters. The topological polar surface area (TPSA) is 118 Å². The van der Waals surface area contributed by atoms with Gasteiger partial charge in [-0.05, 0) is 47.1 Å². The lowest BCUT2D eigenvalue weighted by Crippen LogP contribution is -2.44. The van der Waals surface area contributed by atoms with E-state index in [4.69, 9.17) is 4.74 Å². The number of hydrogen-bond acceptors (Lipinski definition) is 6. The first-order chi connectivity index (χ1) is 16.4. The predicted octanol–water partition coefficient (Wildman–Crippen LogP) is 4.57. The third-order valence-electron chi connectivity index (χ3n) is 5.67. The van der Waals surface area contributed by atoms with Crippen LogP contribution in [0.2, 0.25) is 0 Å². The summed E-state index contributed by atoms with van der Waals surface area (Å²) < 4.78 is 9.50. The molecule has 1 heterocycles. The first-order valence-electron chi connectivity index (χ1n) is 10.6. The number of carbonyl (C=O) groups is 3. The van der Waals surface area contributed by atoms with Crippen molar-refractivity contribution in [3.63, 3.8) is 0 Å². The van der Waals surface area contributed by atoms with Gasteiger partial charge in [0.2, 0.25) is 5.91 Å². The summed E-state index contributed by atoms with van der Waals surface area (Å²) in [6.45, 7) is 5.29. The highest BCUT2D eigenvalue weighted by Gasteiger charge is 2.30. The van der Waals surface area contributed by atoms with Crippen LogP contribution < -0.4 is 10.6 Å². The van der Waals surface area contributed by atoms with Crippen LogP contribution in [0.3, 0.4) is 0 Å². The number of carboxylic acid groups (broad SMARTS) is 1. The van der Waals surface area contributed by atoms with Gasteiger partial charge in [-0.15, -0.1) is 6.58 Å². The fraction of sp³-hybridized carbons (Fsp3) is 0.200. The van der Waals surface area contributed by atoms with Gasteiger partial charge in [-0.3, -0.25) is 4.79 Å². The van der Waals surface area contributed by atoms with Crippen LogP contribution in [0.4, 0.5) is 9.80 Å². The molecule has 0 saturated carbocycles. The largest absolute Gasteiger partial charge is 0.478 e. The fourth-order valence-electron chi connectivity index (χ4n) is 4.09. The molecule has 0 spiro atoms. The van der Waals surface area contributed by atoms with Crippen molar-refractivity contribution in [1.82, 2.24) is 9.69 Å². The average Bonchev–Trinajstić information content (AvgIpc) is 3.35. The number of aryl methyl sites for hydroxylation is 1. The zero-order valence-corrected chi connectivity index (χ0v) is 19.2. The number of rotatable bonds is 8. The molecule has 3 N–H and O–H groups in total. The number of alkyl carbamates (subject to hydrolysis) is 1. The van der Waals surface area contributed by atoms with Crippen LogP contribution in [0, 0.1) is 6.92 Å². The molecular weight excluding hydrogens is 454 g/mol. The van der Waals surface area contributed by atoms with Crippen LogP contribution >= 0.6 is 11.5 Å². The predicted molar refractivity (Wildman–Crippen MR) is 129 cm³/mol. The molecule has 0 radical (unpaired) electrons. The maximum Gasteiger partial charge on any atom is 0.407 e. The Hall–Kier alpha value is -3.98. The minimum atomic E-state index is -1.19. The second-order valence-corrected chi connectivity index (χ2v) is 8.59. The van der Waals surface area contributed by atoms with Gasteiger partial charge >= 0.3 is 12.1 Å². The summed E-state index contributed by atoms with van der Waals surface area (Å²) in [7, 11) is 0. The van der Waals surface area contributed by atoms with Crippen LogP contribution in [0.25, 0.3) is 11.1 Å². The van der Waals surface area contributed by atoms with Gasteiger partial charge in [0, 0.05) is 5.92 Å². The van der Waals surface area contributed by atoms with Crippen LogP contribution in [0.1, 0.15) is 39.5 Å². The van der Waals surface area contributed by atoms with Gasteiger partial charge in [0.15, 0.2) is 0 Å². The standard InChI is InChI=1S/C25H23N3O5S/c1-3-8-20(22(29)27-23-21(24(30)31)14(2)28-34-23)26-25(32)33-13-19-17-11-6-4-9-15(17)16-10-5-7-12-18(16)19/h3-7,9-12,19-20H,1,8,13H2,2H3,(H,26,32)(H,27,29)(H,30,31). The van der Waals surface area contributed by atoms with Gasteiger partial charge in [0.25, 0.3) is 0 Å². The van der Waals surface area contributed by atoms with E-state index in [9.17, 15) is 19.5 Å². The number of fused-ring (bicyclic) bond motifs is 3. The van der Waals surface area contributed by atoms with Gasteiger partial charge in [0.05, 0.1) is 5.69 Å². The molecule has 0 fully saturated rings. The van der Waals surface area contributed by atoms with Crippen molar-refractivity contribution in [3.05, 3.63) is 83.6 Å². The second kappa shape index (κ2) is 9.88. The van der Waals surface area contributed by atoms with Crippen LogP contribution in [-0.4, -0.2) is 40.1 Å². The Kier molecular flexibility index (Phi) is 6.74. The third kappa shape index (κ3) is 4.55. The van der Waals surface area contributed by atoms with E-state index in [-0.39, 0.29) is 29.5 Å². The number of amides is 2. The van der Waals surface area contributed by atoms with Crippen molar-refractivity contribution >= 4 is 34.5 Å². The Labute approximate surface area is 200 Å². The number of carbonyl (C=O) groups excluding carboxylic acids is 2. The average molecular weight is 478 g/mol. The van der Waals surface area contributed by atoms with E-state index >= 15 is 0 Å². The number of carboxylic acids is 1. The van der Waals surface area contributed by atoms with E-state index < -0.39 is 24.0 Å². The first kappa shape index (κ1) is 23.2. The van der Waals surface area contributed by atoms with Crippen LogP contribution in [0.15, 0.2) is 61.2 Å². The lowest BCUT2D eigenvalue weighted by molar-refractivity contribution is -0.118. The molecule has 8 nitrogen and oxygen atoms in total. The Bertz CT molecular complexity index is 1220. The minimum Gasteiger partial charge on any atom is -0.478 e. The van der Waals surface area contributed by atoms with Crippen LogP contribution in [-0.2, 0) is 9.53 Å². The SMILES string of the molecule is C=CCC(NC(=O)OCC1c2ccccc2-c2ccccc21)C(=O)Nc1snc(C)c1C(=O)O. The lowest BCUT2D eigenvalue weighted by Gasteiger charge is -2.18. The number of aromatic carboxylic acids is 1. The second-order valence-electron chi connectivity index (χ2n) is 7.81. The highest BCUT2D eigenvalue weighted by molar-refractivity contribution is 7.11. The summed E-state index contributed by atoms with van der Waals surface area (Å²) >= 11 is 0.869. The van der Waals surface area contributed by atoms with E-state index in [1.807, 2.05) is 48.5 Å². The molecule has 34 heavy (non-hydrogen) atoms. The molecule has 0 bridgehead atoms. The number of aromatic nitrogens is 1. The van der Waals surface area contributed by atoms with E-state index in [0.717, 1.165) is 33.8 Å². The van der Waals surface area contributed by atoms with E-state index in [1.54, 1.807) is 6.92 Å². The normalized spacial score (nSPS) is 12.9. The Morgan fingerprint density at radius 1 is 1.15 bits per heavy atom. The molecule has 0 saturated heterocycles. The van der Waals surface area contributed by atoms with Crippen molar-refractivity contribution in [1.29, 1.82) is 0 Å². The van der Waals surface area contributed by atoms with E-state index in [1.165, 1.54) is 6.08 Å². The molecule has 174 valence electrons. The molecule has 0 aliphatic heterocycles. The molecule has 2 amide bonds. The number of hydrogen-bond donors (Lipinski definition) is 3. The third-order valence-corrected chi connectivity index (χ3v) is 6.52. The molecule has 3 aromatic rings. The van der Waals surface area contributed by atoms with E-state index in [0.29, 0.717) is 5.69 Å². The van der Waals surface area contributed by atoms with Crippen LogP contribution in [0.5, 0.6) is 0 Å². The van der Waals surface area contributed by atoms with Crippen molar-refractivity contribution < 1.29 is 24.2 Å². The molecule has 1 aromatic heterocycles. The monoisotopic (exact) mass is 477 g/mol. The quantitative estimate of drug-likeness (QED) is 0.409. The van der Waals surface area contributed by atoms with Gasteiger partial charge in [-0.1, -0.05) is 54.6 Å². The summed E-state index contributed by atoms with van der Waals surface area (Å²) in [5, 5.41) is 14.6. The zero-order chi connectivity index (χ0) is 24.2. The summed E-state index contributed by atoms with van der Waals surface area (Å²) in [4.78, 5) is 36.8. The molecule has 4 rings (SSSR count). The Morgan fingerprint density at radius 3 is 2.35 bits per heavy atom. The smallest absolute Gasteiger partial charge is 0.407 e. The molecule has 1 atom stereocenters. The number of ether oxygens (including phenoxy) is 1. The number of benzene rings is 2. The fourth-order valence-corrected chi connectivity index (χ4v) is 4.88. The first-order valence-corrected chi connectivity index (χ1v) is 11.4. The summed E-state index contributed by atoms with van der Waals surface area (Å²) in [6.07, 6.45) is 0.878. The minimum absolute atomic E-state index is 0.0724. The maximum atomic E-state index is 12.8. The number of nitrogens with one attached hydrogen (secondary N) is 2. The molecule has 1 aliphatic rings. The molecule has 2 aromatic carbocycles. The Balaban J connectivity index is 1.43. The summed E-state index contributed by atoms with van der Waals surface area (Å²) in [5.74, 6) is -1.88.